The van der Waals surface area contributed by atoms with Crippen molar-refractivity contribution in [1.29, 1.82) is 0 Å². The standard InChI is InChI=1S/C24H29N3O4/c25-24(31)27(21-12-10-19(11-13-21)18-4-2-1-3-5-18)16-17-6-8-20(9-7-17)23(30)26-15-14-22(28)29/h6-13,18H,1-5,14-16H2,(H2,25,31)(H,26,30)(H,28,29). The molecule has 0 aromatic heterocycles. The van der Waals surface area contributed by atoms with Crippen LogP contribution < -0.4 is 16.0 Å². The van der Waals surface area contributed by atoms with Crippen LogP contribution in [0.3, 0.4) is 0 Å². The number of nitrogens with one attached hydrogen (secondary N) is 1. The summed E-state index contributed by atoms with van der Waals surface area (Å²) in [6, 6.07) is 14.3. The van der Waals surface area contributed by atoms with Gasteiger partial charge in [-0.2, -0.15) is 0 Å². The van der Waals surface area contributed by atoms with E-state index in [1.807, 2.05) is 12.1 Å². The lowest BCUT2D eigenvalue weighted by molar-refractivity contribution is -0.136. The number of aliphatic carboxylic acids is 1. The molecule has 1 aliphatic rings. The van der Waals surface area contributed by atoms with Crippen molar-refractivity contribution in [2.24, 2.45) is 5.73 Å². The second-order valence-corrected chi connectivity index (χ2v) is 7.95. The maximum Gasteiger partial charge on any atom is 0.319 e. The van der Waals surface area contributed by atoms with E-state index >= 15 is 0 Å². The van der Waals surface area contributed by atoms with E-state index in [2.05, 4.69) is 17.4 Å². The summed E-state index contributed by atoms with van der Waals surface area (Å²) >= 11 is 0. The highest BCUT2D eigenvalue weighted by Crippen LogP contribution is 2.33. The lowest BCUT2D eigenvalue weighted by Gasteiger charge is -2.24. The minimum atomic E-state index is -0.964. The van der Waals surface area contributed by atoms with Crippen LogP contribution in [0.25, 0.3) is 0 Å². The van der Waals surface area contributed by atoms with Gasteiger partial charge in [-0.15, -0.1) is 0 Å². The Morgan fingerprint density at radius 2 is 1.61 bits per heavy atom. The van der Waals surface area contributed by atoms with Crippen LogP contribution in [-0.2, 0) is 11.3 Å². The zero-order valence-electron chi connectivity index (χ0n) is 17.5. The molecule has 0 saturated heterocycles. The molecule has 0 bridgehead atoms. The summed E-state index contributed by atoms with van der Waals surface area (Å²) in [7, 11) is 0. The lowest BCUT2D eigenvalue weighted by Crippen LogP contribution is -2.35. The van der Waals surface area contributed by atoms with Gasteiger partial charge in [-0.3, -0.25) is 14.5 Å². The average Bonchev–Trinajstić information content (AvgIpc) is 2.78. The molecule has 0 heterocycles. The van der Waals surface area contributed by atoms with E-state index in [1.54, 1.807) is 24.3 Å². The van der Waals surface area contributed by atoms with Crippen LogP contribution >= 0.6 is 0 Å². The minimum Gasteiger partial charge on any atom is -0.481 e. The van der Waals surface area contributed by atoms with E-state index < -0.39 is 12.0 Å². The van der Waals surface area contributed by atoms with E-state index in [1.165, 1.54) is 42.6 Å². The first-order chi connectivity index (χ1) is 14.9. The highest BCUT2D eigenvalue weighted by atomic mass is 16.4. The van der Waals surface area contributed by atoms with Crippen LogP contribution in [0.2, 0.25) is 0 Å². The Morgan fingerprint density at radius 3 is 2.19 bits per heavy atom. The maximum absolute atomic E-state index is 12.1. The number of amides is 3. The van der Waals surface area contributed by atoms with E-state index in [0.717, 1.165) is 11.3 Å². The Labute approximate surface area is 182 Å². The zero-order valence-corrected chi connectivity index (χ0v) is 17.5. The van der Waals surface area contributed by atoms with Gasteiger partial charge in [0.25, 0.3) is 5.91 Å². The van der Waals surface area contributed by atoms with Crippen molar-refractivity contribution in [2.45, 2.75) is 51.0 Å². The first-order valence-corrected chi connectivity index (χ1v) is 10.7. The zero-order chi connectivity index (χ0) is 22.2. The Hall–Kier alpha value is -3.35. The van der Waals surface area contributed by atoms with Crippen LogP contribution in [0.5, 0.6) is 0 Å². The molecule has 7 nitrogen and oxygen atoms in total. The number of carboxylic acids is 1. The molecule has 0 atom stereocenters. The second kappa shape index (κ2) is 10.6. The van der Waals surface area contributed by atoms with E-state index in [0.29, 0.717) is 18.0 Å². The second-order valence-electron chi connectivity index (χ2n) is 7.95. The SMILES string of the molecule is NC(=O)N(Cc1ccc(C(=O)NCCC(=O)O)cc1)c1ccc(C2CCCCC2)cc1. The quantitative estimate of drug-likeness (QED) is 0.595. The summed E-state index contributed by atoms with van der Waals surface area (Å²) in [6.45, 7) is 0.362. The minimum absolute atomic E-state index is 0.0717. The molecule has 1 fully saturated rings. The van der Waals surface area contributed by atoms with Crippen molar-refractivity contribution in [3.05, 3.63) is 65.2 Å². The number of anilines is 1. The largest absolute Gasteiger partial charge is 0.481 e. The van der Waals surface area contributed by atoms with Crippen LogP contribution in [-0.4, -0.2) is 29.6 Å². The van der Waals surface area contributed by atoms with Crippen molar-refractivity contribution in [1.82, 2.24) is 5.32 Å². The fourth-order valence-corrected chi connectivity index (χ4v) is 3.99. The summed E-state index contributed by atoms with van der Waals surface area (Å²) in [4.78, 5) is 36.2. The first kappa shape index (κ1) is 22.3. The fourth-order valence-electron chi connectivity index (χ4n) is 3.99. The molecule has 0 unspecified atom stereocenters. The van der Waals surface area contributed by atoms with Gasteiger partial charge in [0, 0.05) is 17.8 Å². The monoisotopic (exact) mass is 423 g/mol. The van der Waals surface area contributed by atoms with Gasteiger partial charge in [0.15, 0.2) is 0 Å². The van der Waals surface area contributed by atoms with Crippen LogP contribution in [0, 0.1) is 0 Å². The van der Waals surface area contributed by atoms with Gasteiger partial charge in [-0.25, -0.2) is 4.79 Å². The van der Waals surface area contributed by atoms with Gasteiger partial charge >= 0.3 is 12.0 Å². The number of benzene rings is 2. The van der Waals surface area contributed by atoms with E-state index in [-0.39, 0.29) is 18.9 Å². The lowest BCUT2D eigenvalue weighted by atomic mass is 9.84. The van der Waals surface area contributed by atoms with Gasteiger partial charge in [0.1, 0.15) is 0 Å². The average molecular weight is 424 g/mol. The summed E-state index contributed by atoms with van der Waals surface area (Å²) < 4.78 is 0. The predicted octanol–water partition coefficient (Wildman–Crippen LogP) is 4.02. The van der Waals surface area contributed by atoms with Crippen molar-refractivity contribution < 1.29 is 19.5 Å². The van der Waals surface area contributed by atoms with E-state index in [4.69, 9.17) is 10.8 Å². The highest BCUT2D eigenvalue weighted by Gasteiger charge is 2.17. The molecular weight excluding hydrogens is 394 g/mol. The third kappa shape index (κ3) is 6.31. The smallest absolute Gasteiger partial charge is 0.319 e. The molecule has 2 aromatic rings. The number of carboxylic acid groups (broad SMARTS) is 1. The summed E-state index contributed by atoms with van der Waals surface area (Å²) in [5.74, 6) is -0.703. The summed E-state index contributed by atoms with van der Waals surface area (Å²) in [6.07, 6.45) is 6.16. The number of primary amides is 1. The molecule has 3 rings (SSSR count). The molecule has 3 amide bonds. The van der Waals surface area contributed by atoms with Gasteiger partial charge in [0.05, 0.1) is 13.0 Å². The normalized spacial score (nSPS) is 14.1. The molecule has 0 aliphatic heterocycles. The number of urea groups is 1. The van der Waals surface area contributed by atoms with Crippen LogP contribution in [0.4, 0.5) is 10.5 Å². The number of carbonyl (C=O) groups is 3. The van der Waals surface area contributed by atoms with Gasteiger partial charge in [-0.1, -0.05) is 43.5 Å². The molecule has 7 heteroatoms. The maximum atomic E-state index is 12.1. The number of rotatable bonds is 8. The summed E-state index contributed by atoms with van der Waals surface area (Å²) in [5.41, 5.74) is 8.94. The van der Waals surface area contributed by atoms with Crippen molar-refractivity contribution in [3.8, 4) is 0 Å². The third-order valence-electron chi connectivity index (χ3n) is 5.73. The van der Waals surface area contributed by atoms with Crippen molar-refractivity contribution in [3.63, 3.8) is 0 Å². The number of hydrogen-bond acceptors (Lipinski definition) is 3. The molecule has 0 spiro atoms. The summed E-state index contributed by atoms with van der Waals surface area (Å²) in [5, 5.41) is 11.2. The van der Waals surface area contributed by atoms with Gasteiger partial charge in [0.2, 0.25) is 0 Å². The molecule has 164 valence electrons. The molecular formula is C24H29N3O4. The molecule has 0 radical (unpaired) electrons. The third-order valence-corrected chi connectivity index (χ3v) is 5.73. The Bertz CT molecular complexity index is 903. The van der Waals surface area contributed by atoms with E-state index in [9.17, 15) is 14.4 Å². The van der Waals surface area contributed by atoms with Gasteiger partial charge < -0.3 is 16.2 Å². The Morgan fingerprint density at radius 1 is 0.968 bits per heavy atom. The molecule has 2 aromatic carbocycles. The molecule has 1 aliphatic carbocycles. The predicted molar refractivity (Wildman–Crippen MR) is 119 cm³/mol. The van der Waals surface area contributed by atoms with Gasteiger partial charge in [-0.05, 0) is 54.2 Å². The molecule has 31 heavy (non-hydrogen) atoms. The molecule has 1 saturated carbocycles. The Balaban J connectivity index is 1.64. The Kier molecular flexibility index (Phi) is 7.65. The fraction of sp³-hybridized carbons (Fsp3) is 0.375. The van der Waals surface area contributed by atoms with Crippen molar-refractivity contribution >= 4 is 23.6 Å². The number of carbonyl (C=O) groups excluding carboxylic acids is 2. The van der Waals surface area contributed by atoms with Crippen molar-refractivity contribution in [2.75, 3.05) is 11.4 Å². The highest BCUT2D eigenvalue weighted by molar-refractivity contribution is 5.94. The topological polar surface area (TPSA) is 113 Å². The number of nitrogens with two attached hydrogens (primary N) is 1. The number of nitrogens with zero attached hydrogens (tertiary/aromatic N) is 1. The van der Waals surface area contributed by atoms with Crippen LogP contribution in [0.1, 0.15) is 65.9 Å². The molecule has 4 N–H and O–H groups in total. The first-order valence-electron chi connectivity index (χ1n) is 10.7. The number of hydrogen-bond donors (Lipinski definition) is 3. The van der Waals surface area contributed by atoms with Crippen LogP contribution in [0.15, 0.2) is 48.5 Å².